The summed E-state index contributed by atoms with van der Waals surface area (Å²) in [6.07, 6.45) is 0.716. The Morgan fingerprint density at radius 3 is 2.35 bits per heavy atom. The van der Waals surface area contributed by atoms with E-state index >= 15 is 0 Å². The van der Waals surface area contributed by atoms with E-state index in [1.807, 2.05) is 24.3 Å². The fourth-order valence-electron chi connectivity index (χ4n) is 1.57. The van der Waals surface area contributed by atoms with Crippen LogP contribution >= 0.6 is 0 Å². The van der Waals surface area contributed by atoms with Gasteiger partial charge in [-0.15, -0.1) is 0 Å². The zero-order chi connectivity index (χ0) is 12.8. The molecule has 4 nitrogen and oxygen atoms in total. The molecule has 92 valence electrons. The molecule has 0 heterocycles. The lowest BCUT2D eigenvalue weighted by Gasteiger charge is -2.12. The van der Waals surface area contributed by atoms with Gasteiger partial charge in [-0.3, -0.25) is 4.79 Å². The summed E-state index contributed by atoms with van der Waals surface area (Å²) in [6, 6.07) is 6.91. The molecule has 1 aromatic rings. The summed E-state index contributed by atoms with van der Waals surface area (Å²) in [5.41, 5.74) is 2.11. The van der Waals surface area contributed by atoms with Gasteiger partial charge in [0.05, 0.1) is 0 Å². The Morgan fingerprint density at radius 1 is 1.35 bits per heavy atom. The minimum Gasteiger partial charge on any atom is -0.480 e. The summed E-state index contributed by atoms with van der Waals surface area (Å²) in [5, 5.41) is 11.2. The van der Waals surface area contributed by atoms with E-state index in [1.165, 1.54) is 5.56 Å². The quantitative estimate of drug-likeness (QED) is 0.735. The SMILES string of the molecule is CC(C)c1ccc(C[C@H](NC=O)C(=O)O)cc1. The van der Waals surface area contributed by atoms with Crippen LogP contribution in [0.15, 0.2) is 24.3 Å². The van der Waals surface area contributed by atoms with Crippen LogP contribution in [0.25, 0.3) is 0 Å². The number of carboxylic acid groups (broad SMARTS) is 1. The first kappa shape index (κ1) is 13.2. The van der Waals surface area contributed by atoms with E-state index < -0.39 is 12.0 Å². The van der Waals surface area contributed by atoms with Gasteiger partial charge in [0.25, 0.3) is 0 Å². The number of aliphatic carboxylic acids is 1. The number of carbonyl (C=O) groups excluding carboxylic acids is 1. The van der Waals surface area contributed by atoms with Crippen molar-refractivity contribution in [1.82, 2.24) is 5.32 Å². The summed E-state index contributed by atoms with van der Waals surface area (Å²) in [6.45, 7) is 4.20. The third kappa shape index (κ3) is 3.90. The molecule has 0 radical (unpaired) electrons. The molecule has 1 amide bonds. The lowest BCUT2D eigenvalue weighted by molar-refractivity contribution is -0.140. The van der Waals surface area contributed by atoms with E-state index in [2.05, 4.69) is 19.2 Å². The molecule has 0 aliphatic heterocycles. The van der Waals surface area contributed by atoms with Crippen LogP contribution in [0, 0.1) is 0 Å². The molecule has 0 bridgehead atoms. The van der Waals surface area contributed by atoms with Crippen LogP contribution in [0.2, 0.25) is 0 Å². The molecule has 4 heteroatoms. The largest absolute Gasteiger partial charge is 0.480 e. The summed E-state index contributed by atoms with van der Waals surface area (Å²) in [5.74, 6) is -0.572. The summed E-state index contributed by atoms with van der Waals surface area (Å²) in [7, 11) is 0. The number of carboxylic acids is 1. The lowest BCUT2D eigenvalue weighted by atomic mass is 9.99. The molecule has 2 N–H and O–H groups in total. The molecule has 0 spiro atoms. The van der Waals surface area contributed by atoms with Gasteiger partial charge in [-0.1, -0.05) is 38.1 Å². The number of carbonyl (C=O) groups is 2. The Morgan fingerprint density at radius 2 is 1.94 bits per heavy atom. The van der Waals surface area contributed by atoms with E-state index in [1.54, 1.807) is 0 Å². The highest BCUT2D eigenvalue weighted by molar-refractivity contribution is 5.76. The molecule has 0 fully saturated rings. The third-order valence-electron chi connectivity index (χ3n) is 2.65. The van der Waals surface area contributed by atoms with Crippen molar-refractivity contribution in [3.05, 3.63) is 35.4 Å². The van der Waals surface area contributed by atoms with Crippen LogP contribution < -0.4 is 5.32 Å². The van der Waals surface area contributed by atoms with E-state index in [-0.39, 0.29) is 0 Å². The maximum absolute atomic E-state index is 10.8. The molecule has 0 aliphatic carbocycles. The van der Waals surface area contributed by atoms with Gasteiger partial charge in [-0.25, -0.2) is 4.79 Å². The van der Waals surface area contributed by atoms with Crippen molar-refractivity contribution in [2.45, 2.75) is 32.2 Å². The number of hydrogen-bond acceptors (Lipinski definition) is 2. The number of hydrogen-bond donors (Lipinski definition) is 2. The molecular formula is C13H17NO3. The number of amides is 1. The Hall–Kier alpha value is -1.84. The van der Waals surface area contributed by atoms with Crippen LogP contribution in [-0.4, -0.2) is 23.5 Å². The Bertz CT molecular complexity index is 384. The zero-order valence-corrected chi connectivity index (χ0v) is 10.0. The van der Waals surface area contributed by atoms with Gasteiger partial charge in [0, 0.05) is 6.42 Å². The molecular weight excluding hydrogens is 218 g/mol. The first-order valence-electron chi connectivity index (χ1n) is 5.56. The molecule has 0 aliphatic rings. The fourth-order valence-corrected chi connectivity index (χ4v) is 1.57. The van der Waals surface area contributed by atoms with Gasteiger partial charge >= 0.3 is 5.97 Å². The van der Waals surface area contributed by atoms with Crippen LogP contribution in [0.3, 0.4) is 0 Å². The van der Waals surface area contributed by atoms with Gasteiger partial charge in [0.2, 0.25) is 6.41 Å². The van der Waals surface area contributed by atoms with E-state index in [0.717, 1.165) is 5.56 Å². The summed E-state index contributed by atoms with van der Waals surface area (Å²) < 4.78 is 0. The van der Waals surface area contributed by atoms with Crippen molar-refractivity contribution in [2.24, 2.45) is 0 Å². The fraction of sp³-hybridized carbons (Fsp3) is 0.385. The topological polar surface area (TPSA) is 66.4 Å². The first-order valence-corrected chi connectivity index (χ1v) is 5.56. The molecule has 0 aromatic heterocycles. The van der Waals surface area contributed by atoms with Crippen LogP contribution in [0.5, 0.6) is 0 Å². The van der Waals surface area contributed by atoms with Crippen molar-refractivity contribution in [2.75, 3.05) is 0 Å². The predicted octanol–water partition coefficient (Wildman–Crippen LogP) is 1.55. The van der Waals surface area contributed by atoms with Gasteiger partial charge < -0.3 is 10.4 Å². The molecule has 0 saturated heterocycles. The number of rotatable bonds is 6. The number of nitrogens with one attached hydrogen (secondary N) is 1. The Kier molecular flexibility index (Phi) is 4.69. The highest BCUT2D eigenvalue weighted by atomic mass is 16.4. The van der Waals surface area contributed by atoms with E-state index in [4.69, 9.17) is 5.11 Å². The van der Waals surface area contributed by atoms with Gasteiger partial charge in [0.1, 0.15) is 6.04 Å². The minimum absolute atomic E-state index is 0.298. The van der Waals surface area contributed by atoms with E-state index in [9.17, 15) is 9.59 Å². The summed E-state index contributed by atoms with van der Waals surface area (Å²) in [4.78, 5) is 21.1. The maximum Gasteiger partial charge on any atom is 0.326 e. The van der Waals surface area contributed by atoms with Crippen molar-refractivity contribution >= 4 is 12.4 Å². The second-order valence-corrected chi connectivity index (χ2v) is 4.28. The first-order chi connectivity index (χ1) is 8.04. The zero-order valence-electron chi connectivity index (χ0n) is 10.0. The molecule has 1 aromatic carbocycles. The van der Waals surface area contributed by atoms with Crippen molar-refractivity contribution < 1.29 is 14.7 Å². The molecule has 0 unspecified atom stereocenters. The Labute approximate surface area is 101 Å². The lowest BCUT2D eigenvalue weighted by Crippen LogP contribution is -2.37. The second kappa shape index (κ2) is 6.03. The molecule has 1 rings (SSSR count). The van der Waals surface area contributed by atoms with Crippen LogP contribution in [0.1, 0.15) is 30.9 Å². The monoisotopic (exact) mass is 235 g/mol. The third-order valence-corrected chi connectivity index (χ3v) is 2.65. The van der Waals surface area contributed by atoms with Gasteiger partial charge in [-0.2, -0.15) is 0 Å². The molecule has 0 saturated carbocycles. The standard InChI is InChI=1S/C13H17NO3/c1-9(2)11-5-3-10(4-6-11)7-12(13(16)17)14-8-15/h3-6,8-9,12H,7H2,1-2H3,(H,14,15)(H,16,17)/t12-/m0/s1. The van der Waals surface area contributed by atoms with E-state index in [0.29, 0.717) is 18.7 Å². The van der Waals surface area contributed by atoms with Crippen LogP contribution in [-0.2, 0) is 16.0 Å². The Balaban J connectivity index is 2.73. The predicted molar refractivity (Wildman–Crippen MR) is 64.9 cm³/mol. The highest BCUT2D eigenvalue weighted by Gasteiger charge is 2.16. The normalized spacial score (nSPS) is 12.2. The second-order valence-electron chi connectivity index (χ2n) is 4.28. The number of benzene rings is 1. The van der Waals surface area contributed by atoms with Crippen molar-refractivity contribution in [3.8, 4) is 0 Å². The maximum atomic E-state index is 10.8. The molecule has 1 atom stereocenters. The van der Waals surface area contributed by atoms with Gasteiger partial charge in [-0.05, 0) is 17.0 Å². The highest BCUT2D eigenvalue weighted by Crippen LogP contribution is 2.15. The van der Waals surface area contributed by atoms with Gasteiger partial charge in [0.15, 0.2) is 0 Å². The van der Waals surface area contributed by atoms with Crippen molar-refractivity contribution in [1.29, 1.82) is 0 Å². The minimum atomic E-state index is -1.02. The average molecular weight is 235 g/mol. The van der Waals surface area contributed by atoms with Crippen LogP contribution in [0.4, 0.5) is 0 Å². The summed E-state index contributed by atoms with van der Waals surface area (Å²) >= 11 is 0. The molecule has 17 heavy (non-hydrogen) atoms. The van der Waals surface area contributed by atoms with Crippen molar-refractivity contribution in [3.63, 3.8) is 0 Å². The average Bonchev–Trinajstić information content (AvgIpc) is 2.29. The smallest absolute Gasteiger partial charge is 0.326 e.